The summed E-state index contributed by atoms with van der Waals surface area (Å²) in [4.78, 5) is 5.47. The highest BCUT2D eigenvalue weighted by atomic mass is 32.2. The van der Waals surface area contributed by atoms with E-state index in [4.69, 9.17) is 0 Å². The first-order valence-electron chi connectivity index (χ1n) is 3.93. The van der Waals surface area contributed by atoms with Gasteiger partial charge in [-0.15, -0.1) is 11.8 Å². The van der Waals surface area contributed by atoms with Gasteiger partial charge in [0.25, 0.3) is 0 Å². The van der Waals surface area contributed by atoms with Crippen LogP contribution in [0.5, 0.6) is 0 Å². The zero-order valence-electron chi connectivity index (χ0n) is 6.58. The highest BCUT2D eigenvalue weighted by Gasteiger charge is 2.22. The van der Waals surface area contributed by atoms with Gasteiger partial charge in [-0.3, -0.25) is 4.98 Å². The second kappa shape index (κ2) is 2.86. The number of rotatable bonds is 2. The molecule has 0 aliphatic heterocycles. The number of nitrogens with zero attached hydrogens (tertiary/aromatic N) is 1. The molecule has 0 radical (unpaired) electrons. The summed E-state index contributed by atoms with van der Waals surface area (Å²) in [5.74, 6) is 0. The van der Waals surface area contributed by atoms with Gasteiger partial charge in [0.2, 0.25) is 0 Å². The van der Waals surface area contributed by atoms with E-state index < -0.39 is 0 Å². The lowest BCUT2D eigenvalue weighted by atomic mass is 10.3. The van der Waals surface area contributed by atoms with Crippen molar-refractivity contribution in [1.82, 2.24) is 4.98 Å². The summed E-state index contributed by atoms with van der Waals surface area (Å²) in [5.41, 5.74) is 1.26. The summed E-state index contributed by atoms with van der Waals surface area (Å²) in [6.45, 7) is 2.09. The van der Waals surface area contributed by atoms with Gasteiger partial charge in [-0.2, -0.15) is 0 Å². The maximum atomic E-state index is 4.14. The quantitative estimate of drug-likeness (QED) is 0.668. The Balaban J connectivity index is 2.10. The highest BCUT2D eigenvalue weighted by molar-refractivity contribution is 8.00. The molecule has 0 spiro atoms. The molecule has 1 aromatic heterocycles. The lowest BCUT2D eigenvalue weighted by molar-refractivity contribution is 1.19. The first-order chi connectivity index (χ1) is 5.34. The summed E-state index contributed by atoms with van der Waals surface area (Å²) in [6.07, 6.45) is 6.63. The van der Waals surface area contributed by atoms with Gasteiger partial charge in [-0.1, -0.05) is 0 Å². The second-order valence-electron chi connectivity index (χ2n) is 3.02. The van der Waals surface area contributed by atoms with Crippen LogP contribution in [0, 0.1) is 6.92 Å². The van der Waals surface area contributed by atoms with Gasteiger partial charge in [-0.05, 0) is 31.4 Å². The number of hydrogen-bond acceptors (Lipinski definition) is 2. The first-order valence-corrected chi connectivity index (χ1v) is 4.81. The fourth-order valence-corrected chi connectivity index (χ4v) is 2.10. The monoisotopic (exact) mass is 165 g/mol. The molecule has 1 aliphatic rings. The van der Waals surface area contributed by atoms with Crippen LogP contribution in [-0.2, 0) is 0 Å². The Morgan fingerprint density at radius 3 is 2.91 bits per heavy atom. The molecular formula is C9H11NS. The van der Waals surface area contributed by atoms with E-state index in [1.807, 2.05) is 24.2 Å². The van der Waals surface area contributed by atoms with Gasteiger partial charge >= 0.3 is 0 Å². The lowest BCUT2D eigenvalue weighted by Gasteiger charge is -1.98. The van der Waals surface area contributed by atoms with Crippen LogP contribution in [0.1, 0.15) is 18.4 Å². The van der Waals surface area contributed by atoms with Crippen molar-refractivity contribution >= 4 is 11.8 Å². The van der Waals surface area contributed by atoms with Crippen LogP contribution in [0.15, 0.2) is 23.4 Å². The molecule has 2 rings (SSSR count). The van der Waals surface area contributed by atoms with Crippen molar-refractivity contribution in [3.05, 3.63) is 24.0 Å². The molecule has 58 valence electrons. The average molecular weight is 165 g/mol. The molecule has 1 saturated carbocycles. The van der Waals surface area contributed by atoms with Gasteiger partial charge in [0.05, 0.1) is 0 Å². The van der Waals surface area contributed by atoms with Gasteiger partial charge in [0.1, 0.15) is 0 Å². The van der Waals surface area contributed by atoms with Crippen LogP contribution >= 0.6 is 11.8 Å². The lowest BCUT2D eigenvalue weighted by Crippen LogP contribution is -1.80. The second-order valence-corrected chi connectivity index (χ2v) is 4.39. The minimum Gasteiger partial charge on any atom is -0.263 e. The molecule has 1 heterocycles. The Labute approximate surface area is 71.2 Å². The molecule has 1 nitrogen and oxygen atoms in total. The van der Waals surface area contributed by atoms with Crippen molar-refractivity contribution in [2.45, 2.75) is 29.9 Å². The molecule has 0 bridgehead atoms. The minimum atomic E-state index is 0.888. The van der Waals surface area contributed by atoms with Crippen molar-refractivity contribution in [2.24, 2.45) is 0 Å². The average Bonchev–Trinajstić information content (AvgIpc) is 2.71. The third-order valence-electron chi connectivity index (χ3n) is 1.68. The largest absolute Gasteiger partial charge is 0.263 e. The van der Waals surface area contributed by atoms with E-state index >= 15 is 0 Å². The van der Waals surface area contributed by atoms with E-state index in [1.54, 1.807) is 0 Å². The molecule has 2 heteroatoms. The topological polar surface area (TPSA) is 12.9 Å². The summed E-state index contributed by atoms with van der Waals surface area (Å²) < 4.78 is 0. The molecule has 1 aliphatic carbocycles. The molecular weight excluding hydrogens is 154 g/mol. The summed E-state index contributed by atoms with van der Waals surface area (Å²) >= 11 is 1.96. The van der Waals surface area contributed by atoms with E-state index in [-0.39, 0.29) is 0 Å². The Bertz CT molecular complexity index is 255. The maximum Gasteiger partial charge on any atom is 0.0404 e. The number of hydrogen-bond donors (Lipinski definition) is 0. The standard InChI is InChI=1S/C9H11NS/c1-7-4-9(6-10-5-7)11-8-2-3-8/h4-6,8H,2-3H2,1H3. The Hall–Kier alpha value is -0.500. The Kier molecular flexibility index (Phi) is 1.86. The van der Waals surface area contributed by atoms with Gasteiger partial charge < -0.3 is 0 Å². The molecule has 0 amide bonds. The first kappa shape index (κ1) is 7.17. The predicted molar refractivity (Wildman–Crippen MR) is 47.9 cm³/mol. The summed E-state index contributed by atoms with van der Waals surface area (Å²) in [5, 5.41) is 0.888. The summed E-state index contributed by atoms with van der Waals surface area (Å²) in [6, 6.07) is 2.20. The number of thioether (sulfide) groups is 1. The normalized spacial score (nSPS) is 16.8. The molecule has 0 aromatic carbocycles. The fourth-order valence-electron chi connectivity index (χ4n) is 0.970. The minimum absolute atomic E-state index is 0.888. The summed E-state index contributed by atoms with van der Waals surface area (Å²) in [7, 11) is 0. The third kappa shape index (κ3) is 1.96. The number of aryl methyl sites for hydroxylation is 1. The van der Waals surface area contributed by atoms with Crippen molar-refractivity contribution < 1.29 is 0 Å². The van der Waals surface area contributed by atoms with Crippen molar-refractivity contribution in [2.75, 3.05) is 0 Å². The van der Waals surface area contributed by atoms with Crippen LogP contribution in [-0.4, -0.2) is 10.2 Å². The van der Waals surface area contributed by atoms with Crippen molar-refractivity contribution in [1.29, 1.82) is 0 Å². The van der Waals surface area contributed by atoms with Crippen LogP contribution in [0.2, 0.25) is 0 Å². The molecule has 11 heavy (non-hydrogen) atoms. The zero-order valence-corrected chi connectivity index (χ0v) is 7.40. The van der Waals surface area contributed by atoms with Crippen molar-refractivity contribution in [3.63, 3.8) is 0 Å². The molecule has 0 N–H and O–H groups in total. The molecule has 0 unspecified atom stereocenters. The zero-order chi connectivity index (χ0) is 7.68. The SMILES string of the molecule is Cc1cncc(SC2CC2)c1. The Morgan fingerprint density at radius 1 is 1.45 bits per heavy atom. The van der Waals surface area contributed by atoms with Gasteiger partial charge in [0.15, 0.2) is 0 Å². The maximum absolute atomic E-state index is 4.14. The molecule has 1 aromatic rings. The van der Waals surface area contributed by atoms with E-state index in [0.717, 1.165) is 5.25 Å². The van der Waals surface area contributed by atoms with E-state index in [9.17, 15) is 0 Å². The molecule has 0 atom stereocenters. The fraction of sp³-hybridized carbons (Fsp3) is 0.444. The van der Waals surface area contributed by atoms with E-state index in [2.05, 4.69) is 18.0 Å². The predicted octanol–water partition coefficient (Wildman–Crippen LogP) is 2.64. The third-order valence-corrected chi connectivity index (χ3v) is 2.98. The van der Waals surface area contributed by atoms with Crippen LogP contribution in [0.25, 0.3) is 0 Å². The van der Waals surface area contributed by atoms with Crippen LogP contribution in [0.3, 0.4) is 0 Å². The van der Waals surface area contributed by atoms with Crippen molar-refractivity contribution in [3.8, 4) is 0 Å². The number of pyridine rings is 1. The van der Waals surface area contributed by atoms with Crippen LogP contribution in [0.4, 0.5) is 0 Å². The van der Waals surface area contributed by atoms with E-state index in [1.165, 1.54) is 23.3 Å². The van der Waals surface area contributed by atoms with Crippen LogP contribution < -0.4 is 0 Å². The van der Waals surface area contributed by atoms with E-state index in [0.29, 0.717) is 0 Å². The molecule has 0 saturated heterocycles. The smallest absolute Gasteiger partial charge is 0.0404 e. The van der Waals surface area contributed by atoms with Gasteiger partial charge in [0, 0.05) is 22.5 Å². The Morgan fingerprint density at radius 2 is 2.27 bits per heavy atom. The number of aromatic nitrogens is 1. The van der Waals surface area contributed by atoms with Gasteiger partial charge in [-0.25, -0.2) is 0 Å². The highest BCUT2D eigenvalue weighted by Crippen LogP contribution is 2.38. The molecule has 1 fully saturated rings.